The van der Waals surface area contributed by atoms with Crippen LogP contribution < -0.4 is 29.7 Å². The summed E-state index contributed by atoms with van der Waals surface area (Å²) in [5.41, 5.74) is 5.13. The quantitative estimate of drug-likeness (QED) is 0.190. The highest BCUT2D eigenvalue weighted by atomic mass is 16.5. The van der Waals surface area contributed by atoms with Gasteiger partial charge in [0.25, 0.3) is 5.91 Å². The molecule has 4 fully saturated rings. The molecular weight excluding hydrogens is 831 g/mol. The number of carbonyl (C=O) groups is 3. The molecule has 66 heavy (non-hydrogen) atoms. The number of allylic oxidation sites excluding steroid dienone is 1. The Balaban J connectivity index is 0.828. The molecule has 0 aromatic heterocycles. The molecule has 12 heteroatoms. The summed E-state index contributed by atoms with van der Waals surface area (Å²) in [7, 11) is 0. The molecule has 2 N–H and O–H groups in total. The molecule has 2 amide bonds. The second-order valence-corrected chi connectivity index (χ2v) is 20.7. The zero-order valence-electron chi connectivity index (χ0n) is 39.9. The Kier molecular flexibility index (Phi) is 14.2. The van der Waals surface area contributed by atoms with Crippen LogP contribution in [0, 0.1) is 47.8 Å². The maximum Gasteiger partial charge on any atom is 0.252 e. The van der Waals surface area contributed by atoms with E-state index >= 15 is 0 Å². The molecule has 4 aliphatic heterocycles. The Bertz CT molecular complexity index is 2280. The monoisotopic (exact) mass is 900 g/mol. The summed E-state index contributed by atoms with van der Waals surface area (Å²) in [6, 6.07) is 19.5. The van der Waals surface area contributed by atoms with Gasteiger partial charge in [0, 0.05) is 91.4 Å². The minimum absolute atomic E-state index is 0.00232. The van der Waals surface area contributed by atoms with E-state index in [1.54, 1.807) is 18.2 Å². The zero-order chi connectivity index (χ0) is 46.8. The van der Waals surface area contributed by atoms with E-state index in [2.05, 4.69) is 72.9 Å². The molecule has 2 bridgehead atoms. The first kappa shape index (κ1) is 47.1. The molecule has 0 radical (unpaired) electrons. The highest BCUT2D eigenvalue weighted by molar-refractivity contribution is 5.98. The summed E-state index contributed by atoms with van der Waals surface area (Å²) >= 11 is 0. The van der Waals surface area contributed by atoms with E-state index in [1.165, 1.54) is 0 Å². The van der Waals surface area contributed by atoms with Crippen molar-refractivity contribution >= 4 is 23.3 Å². The number of amides is 2. The average molecular weight is 900 g/mol. The van der Waals surface area contributed by atoms with E-state index in [-0.39, 0.29) is 46.6 Å². The van der Waals surface area contributed by atoms with Crippen LogP contribution in [0.2, 0.25) is 0 Å². The van der Waals surface area contributed by atoms with Crippen LogP contribution in [-0.4, -0.2) is 92.8 Å². The van der Waals surface area contributed by atoms with Gasteiger partial charge >= 0.3 is 0 Å². The van der Waals surface area contributed by atoms with Crippen LogP contribution in [0.4, 0.5) is 5.69 Å². The van der Waals surface area contributed by atoms with Gasteiger partial charge in [-0.25, -0.2) is 0 Å². The largest absolute Gasteiger partial charge is 0.490 e. The fraction of sp³-hybridized carbons (Fsp3) is 0.556. The van der Waals surface area contributed by atoms with Crippen LogP contribution in [-0.2, 0) is 9.53 Å². The predicted octanol–water partition coefficient (Wildman–Crippen LogP) is 8.72. The van der Waals surface area contributed by atoms with Crippen molar-refractivity contribution in [1.82, 2.24) is 15.5 Å². The van der Waals surface area contributed by atoms with E-state index in [4.69, 9.17) is 18.9 Å². The topological polar surface area (TPSA) is 142 Å². The summed E-state index contributed by atoms with van der Waals surface area (Å²) in [5, 5.41) is 15.1. The number of ether oxygens (including phenoxy) is 4. The molecule has 4 heterocycles. The third-order valence-electron chi connectivity index (χ3n) is 15.3. The Labute approximate surface area is 391 Å². The molecular formula is C54H69N5O7. The van der Waals surface area contributed by atoms with Gasteiger partial charge in [-0.05, 0) is 130 Å². The number of rotatable bonds is 10. The van der Waals surface area contributed by atoms with E-state index in [1.807, 2.05) is 38.1 Å². The number of ketones is 1. The third kappa shape index (κ3) is 10.3. The maximum atomic E-state index is 13.8. The van der Waals surface area contributed by atoms with Crippen molar-refractivity contribution in [1.29, 1.82) is 5.26 Å². The summed E-state index contributed by atoms with van der Waals surface area (Å²) in [6.45, 7) is 22.3. The number of benzene rings is 3. The first-order valence-electron chi connectivity index (χ1n) is 24.2. The van der Waals surface area contributed by atoms with Crippen LogP contribution in [0.3, 0.4) is 0 Å². The first-order valence-corrected chi connectivity index (χ1v) is 24.2. The van der Waals surface area contributed by atoms with Crippen LogP contribution >= 0.6 is 0 Å². The molecule has 352 valence electrons. The van der Waals surface area contributed by atoms with Gasteiger partial charge in [0.1, 0.15) is 24.0 Å². The minimum atomic E-state index is -0.605. The number of nitrogens with zero attached hydrogens (tertiary/aromatic N) is 3. The molecule has 2 saturated heterocycles. The number of hydrogen-bond donors (Lipinski definition) is 2. The van der Waals surface area contributed by atoms with E-state index in [9.17, 15) is 19.6 Å². The Morgan fingerprint density at radius 3 is 2.26 bits per heavy atom. The number of hydrogen-bond acceptors (Lipinski definition) is 10. The Morgan fingerprint density at radius 1 is 0.894 bits per heavy atom. The molecule has 1 atom stereocenters. The van der Waals surface area contributed by atoms with Gasteiger partial charge in [-0.2, -0.15) is 5.26 Å². The van der Waals surface area contributed by atoms with Crippen LogP contribution in [0.1, 0.15) is 123 Å². The van der Waals surface area contributed by atoms with Crippen molar-refractivity contribution in [3.63, 3.8) is 0 Å². The average Bonchev–Trinajstić information content (AvgIpc) is 3.28. The Morgan fingerprint density at radius 2 is 1.58 bits per heavy atom. The SMILES string of the molecule is C=C1CCC(NC(=O)c2ccc3c(c2)OC2CC(C2)N(CC2CCN(c4ccc(C(=O)CC5C(C)(C)C(Oc6cc(C)c(C#N)c(C)c6)C5(C)C)cc4)CC2)CCOCCCCO3)C(=O)N1. The van der Waals surface area contributed by atoms with Crippen LogP contribution in [0.25, 0.3) is 0 Å². The van der Waals surface area contributed by atoms with Gasteiger partial charge in [-0.15, -0.1) is 0 Å². The number of nitrogens with one attached hydrogen (secondary N) is 2. The van der Waals surface area contributed by atoms with E-state index in [0.717, 1.165) is 92.8 Å². The van der Waals surface area contributed by atoms with E-state index < -0.39 is 6.04 Å². The lowest BCUT2D eigenvalue weighted by molar-refractivity contribution is -0.196. The van der Waals surface area contributed by atoms with Gasteiger partial charge in [-0.1, -0.05) is 34.3 Å². The lowest BCUT2D eigenvalue weighted by Gasteiger charge is -2.63. The first-order chi connectivity index (χ1) is 31.6. The number of anilines is 1. The number of carbonyl (C=O) groups excluding carboxylic acids is 3. The van der Waals surface area contributed by atoms with Crippen LogP contribution in [0.15, 0.2) is 66.9 Å². The molecule has 6 aliphatic rings. The van der Waals surface area contributed by atoms with Crippen molar-refractivity contribution in [2.24, 2.45) is 22.7 Å². The smallest absolute Gasteiger partial charge is 0.252 e. The van der Waals surface area contributed by atoms with Crippen molar-refractivity contribution in [2.45, 2.75) is 124 Å². The standard InChI is InChI=1S/C54H69N5O7/c1-34-26-42(27-35(2)44(34)32-55)66-52-53(4,5)49(54(52,6)7)31-46(60)38-11-14-40(15-12-38)58-20-18-37(19-21-58)33-59-22-25-63-23-8-9-24-64-47-17-13-39(28-48(47)65-43-29-41(59)30-43)50(61)57-45-16-10-36(3)56-51(45)62/h11-15,17,26-28,37,41,43,45,49,52H,3,8-10,16,18-25,29-31,33H2,1-2,4-7H3,(H,56,62)(H,57,61). The fourth-order valence-corrected chi connectivity index (χ4v) is 11.5. The molecule has 0 spiro atoms. The van der Waals surface area contributed by atoms with Gasteiger partial charge in [0.2, 0.25) is 5.91 Å². The fourth-order valence-electron chi connectivity index (χ4n) is 11.5. The lowest BCUT2D eigenvalue weighted by Crippen LogP contribution is -2.66. The summed E-state index contributed by atoms with van der Waals surface area (Å²) in [5.74, 6) is 2.29. The second kappa shape index (κ2) is 19.8. The molecule has 12 nitrogen and oxygen atoms in total. The minimum Gasteiger partial charge on any atom is -0.490 e. The van der Waals surface area contributed by atoms with Crippen molar-refractivity contribution in [3.8, 4) is 23.3 Å². The van der Waals surface area contributed by atoms with Gasteiger partial charge in [0.05, 0.1) is 24.8 Å². The number of fused-ring (bicyclic) bond motifs is 8. The number of piperidine rings is 2. The summed E-state index contributed by atoms with van der Waals surface area (Å²) in [6.07, 6.45) is 7.23. The number of Topliss-reactive ketones (excluding diaryl/α,β-unsaturated/α-hetero) is 1. The second-order valence-electron chi connectivity index (χ2n) is 20.7. The Hall–Kier alpha value is -5.38. The van der Waals surface area contributed by atoms with Gasteiger partial charge in [-0.3, -0.25) is 19.3 Å². The normalized spacial score (nSPS) is 25.7. The van der Waals surface area contributed by atoms with Crippen molar-refractivity contribution in [3.05, 3.63) is 94.7 Å². The molecule has 2 saturated carbocycles. The predicted molar refractivity (Wildman–Crippen MR) is 255 cm³/mol. The van der Waals surface area contributed by atoms with Crippen molar-refractivity contribution in [2.75, 3.05) is 50.9 Å². The van der Waals surface area contributed by atoms with Gasteiger partial charge in [0.15, 0.2) is 17.3 Å². The molecule has 3 aromatic rings. The third-order valence-corrected chi connectivity index (χ3v) is 15.3. The molecule has 2 aliphatic carbocycles. The number of aryl methyl sites for hydroxylation is 2. The summed E-state index contributed by atoms with van der Waals surface area (Å²) < 4.78 is 25.5. The van der Waals surface area contributed by atoms with Crippen LogP contribution in [0.5, 0.6) is 17.2 Å². The van der Waals surface area contributed by atoms with E-state index in [0.29, 0.717) is 79.4 Å². The molecule has 3 aromatic carbocycles. The van der Waals surface area contributed by atoms with Crippen molar-refractivity contribution < 1.29 is 33.3 Å². The molecule has 9 rings (SSSR count). The molecule has 1 unspecified atom stereocenters. The zero-order valence-corrected chi connectivity index (χ0v) is 39.9. The highest BCUT2D eigenvalue weighted by Gasteiger charge is 2.63. The lowest BCUT2D eigenvalue weighted by atomic mass is 9.44. The highest BCUT2D eigenvalue weighted by Crippen LogP contribution is 2.62. The summed E-state index contributed by atoms with van der Waals surface area (Å²) in [4.78, 5) is 44.6. The van der Waals surface area contributed by atoms with Gasteiger partial charge < -0.3 is 34.5 Å². The maximum absolute atomic E-state index is 13.8. The number of nitriles is 1.